The average Bonchev–Trinajstić information content (AvgIpc) is 3.40. The van der Waals surface area contributed by atoms with E-state index in [0.717, 1.165) is 36.9 Å². The van der Waals surface area contributed by atoms with Gasteiger partial charge in [-0.1, -0.05) is 48.7 Å². The van der Waals surface area contributed by atoms with Crippen molar-refractivity contribution in [1.82, 2.24) is 24.8 Å². The summed E-state index contributed by atoms with van der Waals surface area (Å²) < 4.78 is 50.8. The number of carboxylic acids is 1. The van der Waals surface area contributed by atoms with Gasteiger partial charge in [-0.05, 0) is 54.7 Å². The normalized spacial score (nSPS) is 20.1. The first-order valence-corrected chi connectivity index (χ1v) is 13.8. The Hall–Kier alpha value is -4.15. The van der Waals surface area contributed by atoms with Gasteiger partial charge >= 0.3 is 12.1 Å². The maximum absolute atomic E-state index is 14.0. The molecule has 0 spiro atoms. The molecule has 2 fully saturated rings. The highest BCUT2D eigenvalue weighted by molar-refractivity contribution is 5.89. The van der Waals surface area contributed by atoms with E-state index in [2.05, 4.69) is 15.4 Å². The molecule has 0 saturated heterocycles. The summed E-state index contributed by atoms with van der Waals surface area (Å²) in [6.45, 7) is 0. The van der Waals surface area contributed by atoms with Crippen molar-refractivity contribution in [3.63, 3.8) is 0 Å². The number of aromatic nitrogens is 5. The summed E-state index contributed by atoms with van der Waals surface area (Å²) in [6, 6.07) is 14.0. The molecule has 8 nitrogen and oxygen atoms in total. The van der Waals surface area contributed by atoms with E-state index < -0.39 is 24.2 Å². The molecule has 4 aromatic rings. The number of hydrogen-bond acceptors (Lipinski definition) is 5. The van der Waals surface area contributed by atoms with Crippen LogP contribution in [0.25, 0.3) is 16.8 Å². The lowest BCUT2D eigenvalue weighted by Crippen LogP contribution is -2.41. The highest BCUT2D eigenvalue weighted by atomic mass is 19.4. The van der Waals surface area contributed by atoms with Gasteiger partial charge in [-0.2, -0.15) is 18.3 Å². The number of halogens is 3. The van der Waals surface area contributed by atoms with Crippen molar-refractivity contribution in [3.05, 3.63) is 77.9 Å². The zero-order chi connectivity index (χ0) is 28.7. The second-order valence-electron chi connectivity index (χ2n) is 11.0. The Morgan fingerprint density at radius 1 is 1.05 bits per heavy atom. The Bertz CT molecular complexity index is 1560. The molecule has 2 aliphatic rings. The minimum Gasteiger partial charge on any atom is -0.481 e. The zero-order valence-corrected chi connectivity index (χ0v) is 22.5. The van der Waals surface area contributed by atoms with Gasteiger partial charge < -0.3 is 9.84 Å². The standard InChI is InChI=1S/C30H30F3N5O3/c1-37-17-26(35-36-37)23-15-24(23)27-25(29(39)40)16-34-38(27)21-11-5-9-19(13-21)20-10-6-12-22(14-20)41-28(30(31,32)33)18-7-3-2-4-8-18/h5-6,9-14,16-18,23-24,28H,2-4,7-8,15H2,1H3,(H,39,40)/t23-,24-,28?/m1/s1. The smallest absolute Gasteiger partial charge is 0.425 e. The molecular formula is C30H30F3N5O3. The molecule has 214 valence electrons. The minimum absolute atomic E-state index is 0.0417. The molecule has 2 aliphatic carbocycles. The van der Waals surface area contributed by atoms with E-state index in [1.54, 1.807) is 34.6 Å². The van der Waals surface area contributed by atoms with E-state index in [4.69, 9.17) is 4.74 Å². The Kier molecular flexibility index (Phi) is 7.04. The largest absolute Gasteiger partial charge is 0.481 e. The van der Waals surface area contributed by atoms with Gasteiger partial charge in [-0.15, -0.1) is 5.10 Å². The number of rotatable bonds is 8. The van der Waals surface area contributed by atoms with Crippen LogP contribution in [0.5, 0.6) is 5.75 Å². The summed E-state index contributed by atoms with van der Waals surface area (Å²) in [4.78, 5) is 12.1. The molecule has 0 amide bonds. The lowest BCUT2D eigenvalue weighted by Gasteiger charge is -2.32. The number of carboxylic acid groups (broad SMARTS) is 1. The van der Waals surface area contributed by atoms with Crippen LogP contribution in [0.2, 0.25) is 0 Å². The van der Waals surface area contributed by atoms with Crippen LogP contribution in [0.3, 0.4) is 0 Å². The van der Waals surface area contributed by atoms with Crippen molar-refractivity contribution in [3.8, 4) is 22.6 Å². The molecule has 6 rings (SSSR count). The Balaban J connectivity index is 1.29. The average molecular weight is 566 g/mol. The van der Waals surface area contributed by atoms with Crippen molar-refractivity contribution < 1.29 is 27.8 Å². The molecule has 2 saturated carbocycles. The van der Waals surface area contributed by atoms with E-state index in [9.17, 15) is 23.1 Å². The predicted molar refractivity (Wildman–Crippen MR) is 144 cm³/mol. The minimum atomic E-state index is -4.46. The molecule has 2 heterocycles. The van der Waals surface area contributed by atoms with E-state index in [1.807, 2.05) is 36.5 Å². The monoisotopic (exact) mass is 565 g/mol. The second kappa shape index (κ2) is 10.7. The fourth-order valence-electron chi connectivity index (χ4n) is 6.02. The van der Waals surface area contributed by atoms with Crippen LogP contribution in [0.4, 0.5) is 13.2 Å². The SMILES string of the molecule is Cn1cc([C@@H]2C[C@H]2c2c(C(=O)O)cnn2-c2cccc(-c3cccc(OC(C4CCCCC4)C(F)(F)F)c3)c2)nn1. The quantitative estimate of drug-likeness (QED) is 0.261. The number of benzene rings is 2. The number of aryl methyl sites for hydroxylation is 1. The second-order valence-corrected chi connectivity index (χ2v) is 11.0. The highest BCUT2D eigenvalue weighted by Gasteiger charge is 2.47. The Morgan fingerprint density at radius 2 is 1.78 bits per heavy atom. The molecule has 41 heavy (non-hydrogen) atoms. The van der Waals surface area contributed by atoms with Crippen molar-refractivity contribution >= 4 is 5.97 Å². The summed E-state index contributed by atoms with van der Waals surface area (Å²) in [7, 11) is 1.78. The molecule has 1 N–H and O–H groups in total. The van der Waals surface area contributed by atoms with Gasteiger partial charge in [-0.25, -0.2) is 9.48 Å². The number of alkyl halides is 3. The van der Waals surface area contributed by atoms with Crippen LogP contribution in [0.15, 0.2) is 60.9 Å². The molecule has 2 aromatic heterocycles. The summed E-state index contributed by atoms with van der Waals surface area (Å²) >= 11 is 0. The van der Waals surface area contributed by atoms with Crippen LogP contribution < -0.4 is 4.74 Å². The number of carbonyl (C=O) groups is 1. The lowest BCUT2D eigenvalue weighted by atomic mass is 9.85. The first kappa shape index (κ1) is 27.0. The third-order valence-electron chi connectivity index (χ3n) is 8.10. The fraction of sp³-hybridized carbons (Fsp3) is 0.400. The third kappa shape index (κ3) is 5.57. The molecule has 1 unspecified atom stereocenters. The van der Waals surface area contributed by atoms with E-state index in [0.29, 0.717) is 29.8 Å². The van der Waals surface area contributed by atoms with E-state index in [1.165, 1.54) is 6.20 Å². The van der Waals surface area contributed by atoms with Crippen LogP contribution in [0.1, 0.15) is 72.1 Å². The van der Waals surface area contributed by atoms with Gasteiger partial charge in [-0.3, -0.25) is 4.68 Å². The fourth-order valence-corrected chi connectivity index (χ4v) is 6.02. The number of ether oxygens (including phenoxy) is 1. The Labute approximate surface area is 234 Å². The number of nitrogens with zero attached hydrogens (tertiary/aromatic N) is 5. The van der Waals surface area contributed by atoms with Gasteiger partial charge in [0.1, 0.15) is 11.3 Å². The van der Waals surface area contributed by atoms with Gasteiger partial charge in [0.15, 0.2) is 6.10 Å². The van der Waals surface area contributed by atoms with Gasteiger partial charge in [0, 0.05) is 31.0 Å². The highest BCUT2D eigenvalue weighted by Crippen LogP contribution is 2.55. The van der Waals surface area contributed by atoms with Crippen molar-refractivity contribution in [2.75, 3.05) is 0 Å². The van der Waals surface area contributed by atoms with Gasteiger partial charge in [0.05, 0.1) is 23.3 Å². The van der Waals surface area contributed by atoms with Crippen LogP contribution >= 0.6 is 0 Å². The topological polar surface area (TPSA) is 95.1 Å². The van der Waals surface area contributed by atoms with Crippen molar-refractivity contribution in [1.29, 1.82) is 0 Å². The van der Waals surface area contributed by atoms with E-state index >= 15 is 0 Å². The van der Waals surface area contributed by atoms with Crippen molar-refractivity contribution in [2.45, 2.75) is 62.6 Å². The lowest BCUT2D eigenvalue weighted by molar-refractivity contribution is -0.212. The summed E-state index contributed by atoms with van der Waals surface area (Å²) in [5, 5.41) is 22.5. The van der Waals surface area contributed by atoms with Crippen LogP contribution in [0, 0.1) is 5.92 Å². The van der Waals surface area contributed by atoms with Gasteiger partial charge in [0.25, 0.3) is 0 Å². The summed E-state index contributed by atoms with van der Waals surface area (Å²) in [6.07, 6.45) is 1.16. The molecule has 2 aromatic carbocycles. The molecule has 0 radical (unpaired) electrons. The molecule has 0 aliphatic heterocycles. The van der Waals surface area contributed by atoms with E-state index in [-0.39, 0.29) is 23.1 Å². The molecule has 0 bridgehead atoms. The third-order valence-corrected chi connectivity index (χ3v) is 8.10. The van der Waals surface area contributed by atoms with Crippen LogP contribution in [-0.4, -0.2) is 48.1 Å². The first-order valence-electron chi connectivity index (χ1n) is 13.8. The molecule has 11 heteroatoms. The zero-order valence-electron chi connectivity index (χ0n) is 22.5. The number of aromatic carboxylic acids is 1. The maximum Gasteiger partial charge on any atom is 0.425 e. The summed E-state index contributed by atoms with van der Waals surface area (Å²) in [5.74, 6) is -1.49. The first-order chi connectivity index (χ1) is 19.7. The van der Waals surface area contributed by atoms with Crippen LogP contribution in [-0.2, 0) is 7.05 Å². The summed E-state index contributed by atoms with van der Waals surface area (Å²) in [5.41, 5.74) is 3.60. The Morgan fingerprint density at radius 3 is 2.46 bits per heavy atom. The predicted octanol–water partition coefficient (Wildman–Crippen LogP) is 6.53. The van der Waals surface area contributed by atoms with Gasteiger partial charge in [0.2, 0.25) is 0 Å². The molecular weight excluding hydrogens is 535 g/mol. The number of hydrogen-bond donors (Lipinski definition) is 1. The molecule has 3 atom stereocenters. The maximum atomic E-state index is 14.0. The van der Waals surface area contributed by atoms with Crippen molar-refractivity contribution in [2.24, 2.45) is 13.0 Å².